The predicted molar refractivity (Wildman–Crippen MR) is 63.8 cm³/mol. The lowest BCUT2D eigenvalue weighted by Crippen LogP contribution is -2.19. The van der Waals surface area contributed by atoms with E-state index in [1.54, 1.807) is 6.20 Å². The van der Waals surface area contributed by atoms with Gasteiger partial charge in [0.1, 0.15) is 0 Å². The van der Waals surface area contributed by atoms with Crippen LogP contribution in [-0.4, -0.2) is 23.0 Å². The highest BCUT2D eigenvalue weighted by molar-refractivity contribution is 6.18. The molecule has 0 fully saturated rings. The zero-order valence-electron chi connectivity index (χ0n) is 9.33. The number of halogens is 1. The Balaban J connectivity index is 2.76. The number of alkyl halides is 1. The van der Waals surface area contributed by atoms with Crippen LogP contribution in [0.5, 0.6) is 5.75 Å². The Labute approximate surface area is 95.8 Å². The molecule has 0 radical (unpaired) electrons. The summed E-state index contributed by atoms with van der Waals surface area (Å²) in [6.07, 6.45) is 1.87. The molecule has 0 saturated carbocycles. The topological polar surface area (TPSA) is 34.2 Å². The van der Waals surface area contributed by atoms with E-state index in [4.69, 9.17) is 16.3 Å². The molecular formula is C11H17ClN2O. The van der Waals surface area contributed by atoms with Gasteiger partial charge < -0.3 is 10.1 Å². The first-order valence-electron chi connectivity index (χ1n) is 5.07. The van der Waals surface area contributed by atoms with E-state index in [-0.39, 0.29) is 12.1 Å². The molecule has 0 saturated heterocycles. The van der Waals surface area contributed by atoms with E-state index < -0.39 is 0 Å². The van der Waals surface area contributed by atoms with Gasteiger partial charge in [-0.15, -0.1) is 11.6 Å². The Hall–Kier alpha value is -0.960. The Morgan fingerprint density at radius 2 is 2.20 bits per heavy atom. The van der Waals surface area contributed by atoms with Crippen molar-refractivity contribution in [3.63, 3.8) is 0 Å². The second kappa shape index (κ2) is 5.81. The molecule has 0 aliphatic carbocycles. The number of anilines is 1. The standard InChI is InChI=1S/C11H17ClN2O/c1-8(2)15-10-5-4-6-13-11(10)14-9(3)7-12/h4-6,8-9H,7H2,1-3H3,(H,13,14). The summed E-state index contributed by atoms with van der Waals surface area (Å²) >= 11 is 5.73. The molecule has 1 aromatic heterocycles. The lowest BCUT2D eigenvalue weighted by atomic mass is 10.3. The summed E-state index contributed by atoms with van der Waals surface area (Å²) in [6, 6.07) is 3.93. The lowest BCUT2D eigenvalue weighted by molar-refractivity contribution is 0.243. The maximum atomic E-state index is 5.73. The lowest BCUT2D eigenvalue weighted by Gasteiger charge is -2.16. The fourth-order valence-electron chi connectivity index (χ4n) is 1.12. The Kier molecular flexibility index (Phi) is 4.69. The second-order valence-electron chi connectivity index (χ2n) is 3.72. The molecule has 3 nitrogen and oxygen atoms in total. The molecule has 1 atom stereocenters. The van der Waals surface area contributed by atoms with Gasteiger partial charge in [-0.05, 0) is 32.9 Å². The van der Waals surface area contributed by atoms with Crippen molar-refractivity contribution in [1.29, 1.82) is 0 Å². The van der Waals surface area contributed by atoms with Gasteiger partial charge in [0.05, 0.1) is 6.10 Å². The molecule has 1 rings (SSSR count). The van der Waals surface area contributed by atoms with E-state index in [1.165, 1.54) is 0 Å². The van der Waals surface area contributed by atoms with Crippen LogP contribution < -0.4 is 10.1 Å². The highest BCUT2D eigenvalue weighted by Crippen LogP contribution is 2.22. The van der Waals surface area contributed by atoms with E-state index in [0.717, 1.165) is 11.6 Å². The van der Waals surface area contributed by atoms with Crippen molar-refractivity contribution in [1.82, 2.24) is 4.98 Å². The van der Waals surface area contributed by atoms with Crippen molar-refractivity contribution in [3.8, 4) is 5.75 Å². The Morgan fingerprint density at radius 1 is 1.47 bits per heavy atom. The minimum absolute atomic E-state index is 0.140. The normalized spacial score (nSPS) is 12.6. The maximum Gasteiger partial charge on any atom is 0.169 e. The van der Waals surface area contributed by atoms with Crippen LogP contribution in [0.2, 0.25) is 0 Å². The first-order chi connectivity index (χ1) is 7.13. The van der Waals surface area contributed by atoms with Gasteiger partial charge >= 0.3 is 0 Å². The molecule has 1 aromatic rings. The molecule has 4 heteroatoms. The molecule has 0 aromatic carbocycles. The molecule has 0 spiro atoms. The Bertz CT molecular complexity index is 304. The molecule has 0 aliphatic rings. The van der Waals surface area contributed by atoms with Crippen molar-refractivity contribution >= 4 is 17.4 Å². The molecule has 1 N–H and O–H groups in total. The third-order valence-electron chi connectivity index (χ3n) is 1.75. The summed E-state index contributed by atoms with van der Waals surface area (Å²) in [5.41, 5.74) is 0. The summed E-state index contributed by atoms with van der Waals surface area (Å²) in [5.74, 6) is 2.06. The molecule has 0 aliphatic heterocycles. The Morgan fingerprint density at radius 3 is 2.80 bits per heavy atom. The molecular weight excluding hydrogens is 212 g/mol. The summed E-state index contributed by atoms with van der Waals surface area (Å²) in [4.78, 5) is 4.22. The van der Waals surface area contributed by atoms with Crippen LogP contribution in [-0.2, 0) is 0 Å². The van der Waals surface area contributed by atoms with E-state index in [9.17, 15) is 0 Å². The average molecular weight is 229 g/mol. The highest BCUT2D eigenvalue weighted by Gasteiger charge is 2.08. The van der Waals surface area contributed by atoms with Crippen LogP contribution in [0.15, 0.2) is 18.3 Å². The number of pyridine rings is 1. The largest absolute Gasteiger partial charge is 0.487 e. The van der Waals surface area contributed by atoms with Crippen molar-refractivity contribution in [2.75, 3.05) is 11.2 Å². The second-order valence-corrected chi connectivity index (χ2v) is 4.03. The van der Waals surface area contributed by atoms with Crippen molar-refractivity contribution in [3.05, 3.63) is 18.3 Å². The van der Waals surface area contributed by atoms with E-state index in [1.807, 2.05) is 32.9 Å². The molecule has 1 heterocycles. The van der Waals surface area contributed by atoms with Crippen LogP contribution in [0.1, 0.15) is 20.8 Å². The van der Waals surface area contributed by atoms with Crippen LogP contribution in [0.3, 0.4) is 0 Å². The maximum absolute atomic E-state index is 5.73. The van der Waals surface area contributed by atoms with Gasteiger partial charge in [0.25, 0.3) is 0 Å². The summed E-state index contributed by atoms with van der Waals surface area (Å²) in [6.45, 7) is 5.98. The predicted octanol–water partition coefficient (Wildman–Crippen LogP) is 2.91. The molecule has 84 valence electrons. The van der Waals surface area contributed by atoms with E-state index >= 15 is 0 Å². The highest BCUT2D eigenvalue weighted by atomic mass is 35.5. The fourth-order valence-corrected chi connectivity index (χ4v) is 1.20. The number of aromatic nitrogens is 1. The summed E-state index contributed by atoms with van der Waals surface area (Å²) < 4.78 is 5.62. The number of nitrogens with zero attached hydrogens (tertiary/aromatic N) is 1. The van der Waals surface area contributed by atoms with Gasteiger partial charge in [0.15, 0.2) is 11.6 Å². The first-order valence-corrected chi connectivity index (χ1v) is 5.61. The zero-order chi connectivity index (χ0) is 11.3. The van der Waals surface area contributed by atoms with Gasteiger partial charge in [-0.3, -0.25) is 0 Å². The molecule has 0 amide bonds. The van der Waals surface area contributed by atoms with Crippen LogP contribution in [0, 0.1) is 0 Å². The third kappa shape index (κ3) is 3.96. The number of nitrogens with one attached hydrogen (secondary N) is 1. The molecule has 15 heavy (non-hydrogen) atoms. The van der Waals surface area contributed by atoms with Crippen LogP contribution in [0.4, 0.5) is 5.82 Å². The van der Waals surface area contributed by atoms with Gasteiger partial charge in [-0.1, -0.05) is 0 Å². The van der Waals surface area contributed by atoms with Crippen LogP contribution >= 0.6 is 11.6 Å². The first kappa shape index (κ1) is 12.1. The van der Waals surface area contributed by atoms with Gasteiger partial charge in [-0.2, -0.15) is 0 Å². The number of hydrogen-bond acceptors (Lipinski definition) is 3. The van der Waals surface area contributed by atoms with Crippen molar-refractivity contribution in [2.45, 2.75) is 32.9 Å². The fraction of sp³-hybridized carbons (Fsp3) is 0.545. The molecule has 0 bridgehead atoms. The van der Waals surface area contributed by atoms with Gasteiger partial charge in [0.2, 0.25) is 0 Å². The van der Waals surface area contributed by atoms with E-state index in [2.05, 4.69) is 10.3 Å². The van der Waals surface area contributed by atoms with Crippen LogP contribution in [0.25, 0.3) is 0 Å². The SMILES string of the molecule is CC(CCl)Nc1ncccc1OC(C)C. The summed E-state index contributed by atoms with van der Waals surface area (Å²) in [7, 11) is 0. The number of rotatable bonds is 5. The van der Waals surface area contributed by atoms with E-state index in [0.29, 0.717) is 5.88 Å². The van der Waals surface area contributed by atoms with Gasteiger partial charge in [-0.25, -0.2) is 4.98 Å². The van der Waals surface area contributed by atoms with Crippen molar-refractivity contribution < 1.29 is 4.74 Å². The van der Waals surface area contributed by atoms with Gasteiger partial charge in [0, 0.05) is 18.1 Å². The number of hydrogen-bond donors (Lipinski definition) is 1. The third-order valence-corrected chi connectivity index (χ3v) is 2.21. The smallest absolute Gasteiger partial charge is 0.169 e. The minimum atomic E-state index is 0.140. The quantitative estimate of drug-likeness (QED) is 0.787. The zero-order valence-corrected chi connectivity index (χ0v) is 10.1. The number of ether oxygens (including phenoxy) is 1. The minimum Gasteiger partial charge on any atom is -0.487 e. The van der Waals surface area contributed by atoms with Crippen molar-refractivity contribution in [2.24, 2.45) is 0 Å². The molecule has 1 unspecified atom stereocenters. The monoisotopic (exact) mass is 228 g/mol. The summed E-state index contributed by atoms with van der Waals surface area (Å²) in [5, 5.41) is 3.20. The average Bonchev–Trinajstić information content (AvgIpc) is 2.20.